The molecule has 0 bridgehead atoms. The third-order valence-electron chi connectivity index (χ3n) is 4.04. The van der Waals surface area contributed by atoms with Crippen molar-refractivity contribution < 1.29 is 0 Å². The fraction of sp³-hybridized carbons (Fsp3) is 0.692. The van der Waals surface area contributed by atoms with Crippen LogP contribution in [0.1, 0.15) is 49.1 Å². The second-order valence-electron chi connectivity index (χ2n) is 4.92. The average molecular weight is 238 g/mol. The maximum absolute atomic E-state index is 5.75. The van der Waals surface area contributed by atoms with Gasteiger partial charge in [0.1, 0.15) is 0 Å². The molecule has 90 valence electrons. The van der Waals surface area contributed by atoms with E-state index >= 15 is 0 Å². The number of rotatable bonds is 4. The molecule has 1 heterocycles. The monoisotopic (exact) mass is 238 g/mol. The van der Waals surface area contributed by atoms with Gasteiger partial charge < -0.3 is 0 Å². The zero-order valence-corrected chi connectivity index (χ0v) is 11.0. The zero-order chi connectivity index (χ0) is 11.5. The summed E-state index contributed by atoms with van der Waals surface area (Å²) in [5.74, 6) is 7.40. The molecule has 16 heavy (non-hydrogen) atoms. The van der Waals surface area contributed by atoms with Gasteiger partial charge in [0.2, 0.25) is 0 Å². The van der Waals surface area contributed by atoms with Crippen molar-refractivity contribution in [3.8, 4) is 0 Å². The smallest absolute Gasteiger partial charge is 0.0499 e. The van der Waals surface area contributed by atoms with E-state index < -0.39 is 0 Å². The molecule has 3 heteroatoms. The Hall–Kier alpha value is -0.380. The van der Waals surface area contributed by atoms with Crippen molar-refractivity contribution in [3.05, 3.63) is 21.9 Å². The molecule has 0 aromatic carbocycles. The van der Waals surface area contributed by atoms with Crippen molar-refractivity contribution in [2.75, 3.05) is 0 Å². The van der Waals surface area contributed by atoms with Gasteiger partial charge in [0.25, 0.3) is 0 Å². The summed E-state index contributed by atoms with van der Waals surface area (Å²) in [6, 6.07) is 2.59. The summed E-state index contributed by atoms with van der Waals surface area (Å²) in [7, 11) is 0. The van der Waals surface area contributed by atoms with Crippen molar-refractivity contribution in [1.82, 2.24) is 5.43 Å². The van der Waals surface area contributed by atoms with Crippen LogP contribution in [0.25, 0.3) is 0 Å². The van der Waals surface area contributed by atoms with Crippen LogP contribution in [0.5, 0.6) is 0 Å². The van der Waals surface area contributed by atoms with E-state index in [0.29, 0.717) is 6.04 Å². The van der Waals surface area contributed by atoms with Crippen molar-refractivity contribution in [2.24, 2.45) is 17.7 Å². The van der Waals surface area contributed by atoms with Crippen molar-refractivity contribution in [3.63, 3.8) is 0 Å². The summed E-state index contributed by atoms with van der Waals surface area (Å²) in [4.78, 5) is 1.41. The van der Waals surface area contributed by atoms with Crippen LogP contribution >= 0.6 is 11.3 Å². The summed E-state index contributed by atoms with van der Waals surface area (Å²) >= 11 is 1.82. The van der Waals surface area contributed by atoms with Gasteiger partial charge in [-0.05, 0) is 48.6 Å². The van der Waals surface area contributed by atoms with Crippen LogP contribution in [0.15, 0.2) is 11.4 Å². The number of nitrogens with one attached hydrogen (secondary N) is 1. The lowest BCUT2D eigenvalue weighted by Crippen LogP contribution is -2.32. The molecule has 0 radical (unpaired) electrons. The summed E-state index contributed by atoms with van der Waals surface area (Å²) in [5, 5.41) is 2.17. The first-order valence-electron chi connectivity index (χ1n) is 6.26. The van der Waals surface area contributed by atoms with E-state index in [2.05, 4.69) is 30.7 Å². The third kappa shape index (κ3) is 2.31. The predicted octanol–water partition coefficient (Wildman–Crippen LogP) is 3.39. The molecule has 3 N–H and O–H groups in total. The Balaban J connectivity index is 2.09. The number of hydrogen-bond acceptors (Lipinski definition) is 3. The maximum Gasteiger partial charge on any atom is 0.0499 e. The van der Waals surface area contributed by atoms with Gasteiger partial charge in [0.15, 0.2) is 0 Å². The molecule has 0 aliphatic heterocycles. The van der Waals surface area contributed by atoms with Crippen LogP contribution in [0, 0.1) is 18.8 Å². The minimum atomic E-state index is 0.364. The van der Waals surface area contributed by atoms with Crippen LogP contribution in [-0.4, -0.2) is 0 Å². The molecular weight excluding hydrogens is 216 g/mol. The highest BCUT2D eigenvalue weighted by atomic mass is 32.1. The minimum Gasteiger partial charge on any atom is -0.271 e. The van der Waals surface area contributed by atoms with Gasteiger partial charge in [0.05, 0.1) is 0 Å². The van der Waals surface area contributed by atoms with Crippen LogP contribution in [0.3, 0.4) is 0 Å². The fourth-order valence-corrected chi connectivity index (χ4v) is 3.73. The molecule has 1 aliphatic carbocycles. The van der Waals surface area contributed by atoms with Gasteiger partial charge in [-0.25, -0.2) is 0 Å². The van der Waals surface area contributed by atoms with Crippen molar-refractivity contribution in [1.29, 1.82) is 0 Å². The Labute approximate surface area is 102 Å². The zero-order valence-electron chi connectivity index (χ0n) is 10.2. The number of nitrogens with two attached hydrogens (primary N) is 1. The predicted molar refractivity (Wildman–Crippen MR) is 70.2 cm³/mol. The largest absolute Gasteiger partial charge is 0.271 e. The molecule has 2 nitrogen and oxygen atoms in total. The number of hydrazine groups is 1. The summed E-state index contributed by atoms with van der Waals surface area (Å²) in [6.07, 6.45) is 5.35. The number of thiophene rings is 1. The Morgan fingerprint density at radius 1 is 1.56 bits per heavy atom. The van der Waals surface area contributed by atoms with E-state index in [1.54, 1.807) is 0 Å². The first kappa shape index (κ1) is 12.1. The Kier molecular flexibility index (Phi) is 4.00. The molecule has 3 unspecified atom stereocenters. The highest BCUT2D eigenvalue weighted by molar-refractivity contribution is 7.10. The Bertz CT molecular complexity index is 334. The summed E-state index contributed by atoms with van der Waals surface area (Å²) in [6.45, 7) is 4.49. The summed E-state index contributed by atoms with van der Waals surface area (Å²) in [5.41, 5.74) is 4.45. The van der Waals surface area contributed by atoms with E-state index in [4.69, 9.17) is 5.84 Å². The highest BCUT2D eigenvalue weighted by Gasteiger charge is 2.31. The average Bonchev–Trinajstić information content (AvgIpc) is 2.90. The first-order chi connectivity index (χ1) is 7.76. The number of hydrogen-bond donors (Lipinski definition) is 2. The van der Waals surface area contributed by atoms with Crippen LogP contribution < -0.4 is 11.3 Å². The van der Waals surface area contributed by atoms with Gasteiger partial charge in [-0.15, -0.1) is 11.3 Å². The molecule has 0 saturated heterocycles. The molecule has 1 saturated carbocycles. The molecule has 1 fully saturated rings. The quantitative estimate of drug-likeness (QED) is 0.623. The van der Waals surface area contributed by atoms with Gasteiger partial charge in [0, 0.05) is 10.9 Å². The third-order valence-corrected chi connectivity index (χ3v) is 4.91. The van der Waals surface area contributed by atoms with Gasteiger partial charge in [-0.2, -0.15) is 0 Å². The normalized spacial score (nSPS) is 27.2. The first-order valence-corrected chi connectivity index (χ1v) is 7.14. The van der Waals surface area contributed by atoms with Gasteiger partial charge >= 0.3 is 0 Å². The van der Waals surface area contributed by atoms with E-state index in [0.717, 1.165) is 11.8 Å². The lowest BCUT2D eigenvalue weighted by Gasteiger charge is -2.23. The van der Waals surface area contributed by atoms with E-state index in [1.165, 1.54) is 36.1 Å². The molecular formula is C13H22N2S. The van der Waals surface area contributed by atoms with Crippen LogP contribution in [0.2, 0.25) is 0 Å². The summed E-state index contributed by atoms with van der Waals surface area (Å²) < 4.78 is 0. The molecule has 3 atom stereocenters. The van der Waals surface area contributed by atoms with E-state index in [9.17, 15) is 0 Å². The lowest BCUT2D eigenvalue weighted by molar-refractivity contribution is 0.358. The second kappa shape index (κ2) is 5.30. The molecule has 1 aromatic rings. The molecule has 2 rings (SSSR count). The van der Waals surface area contributed by atoms with Crippen LogP contribution in [0.4, 0.5) is 0 Å². The number of aryl methyl sites for hydroxylation is 1. The standard InChI is InChI=1S/C13H22N2S/c1-3-10-4-5-11(8-10)13(15-14)12-6-7-16-9(12)2/h6-7,10-11,13,15H,3-5,8,14H2,1-2H3. The Morgan fingerprint density at radius 2 is 2.38 bits per heavy atom. The molecule has 1 aromatic heterocycles. The maximum atomic E-state index is 5.75. The van der Waals surface area contributed by atoms with Crippen LogP contribution in [-0.2, 0) is 0 Å². The topological polar surface area (TPSA) is 38.0 Å². The van der Waals surface area contributed by atoms with Crippen molar-refractivity contribution in [2.45, 2.75) is 45.6 Å². The van der Waals surface area contributed by atoms with Crippen molar-refractivity contribution >= 4 is 11.3 Å². The van der Waals surface area contributed by atoms with Gasteiger partial charge in [-0.3, -0.25) is 11.3 Å². The van der Waals surface area contributed by atoms with E-state index in [1.807, 2.05) is 11.3 Å². The Morgan fingerprint density at radius 3 is 2.88 bits per heavy atom. The molecule has 0 spiro atoms. The van der Waals surface area contributed by atoms with E-state index in [-0.39, 0.29) is 0 Å². The van der Waals surface area contributed by atoms with Gasteiger partial charge in [-0.1, -0.05) is 19.8 Å². The lowest BCUT2D eigenvalue weighted by atomic mass is 9.91. The SMILES string of the molecule is CCC1CCC(C(NN)c2ccsc2C)C1. The molecule has 0 amide bonds. The highest BCUT2D eigenvalue weighted by Crippen LogP contribution is 2.41. The molecule has 1 aliphatic rings. The minimum absolute atomic E-state index is 0.364. The fourth-order valence-electron chi connectivity index (χ4n) is 2.98. The second-order valence-corrected chi connectivity index (χ2v) is 6.04.